The Kier molecular flexibility index (Phi) is 2.85. The zero-order valence-corrected chi connectivity index (χ0v) is 7.19. The topological polar surface area (TPSA) is 87.2 Å². The van der Waals surface area contributed by atoms with Gasteiger partial charge in [0.15, 0.2) is 0 Å². The molecule has 1 aliphatic heterocycles. The molecule has 1 atom stereocenters. The first-order valence-electron chi connectivity index (χ1n) is 4.12. The Labute approximate surface area is 76.1 Å². The second-order valence-corrected chi connectivity index (χ2v) is 2.95. The molecule has 1 fully saturated rings. The van der Waals surface area contributed by atoms with Gasteiger partial charge in [-0.25, -0.2) is 0 Å². The van der Waals surface area contributed by atoms with E-state index in [1.165, 1.54) is 4.90 Å². The molecular formula is C8H11N3O2. The van der Waals surface area contributed by atoms with E-state index < -0.39 is 11.9 Å². The van der Waals surface area contributed by atoms with Crippen molar-refractivity contribution in [2.75, 3.05) is 6.54 Å². The van der Waals surface area contributed by atoms with Crippen LogP contribution in [-0.2, 0) is 9.59 Å². The Balaban J connectivity index is 2.61. The number of nitrogens with two attached hydrogens (primary N) is 1. The van der Waals surface area contributed by atoms with Crippen LogP contribution in [0.5, 0.6) is 0 Å². The summed E-state index contributed by atoms with van der Waals surface area (Å²) in [5, 5.41) is 8.33. The van der Waals surface area contributed by atoms with Gasteiger partial charge >= 0.3 is 0 Å². The summed E-state index contributed by atoms with van der Waals surface area (Å²) in [4.78, 5) is 23.5. The predicted octanol–water partition coefficient (Wildman–Crippen LogP) is -0.624. The first-order valence-corrected chi connectivity index (χ1v) is 4.12. The SMILES string of the molecule is N#CCCN1C(=O)CCC1C(N)=O. The van der Waals surface area contributed by atoms with Gasteiger partial charge in [-0.3, -0.25) is 9.59 Å². The van der Waals surface area contributed by atoms with Crippen LogP contribution in [0.2, 0.25) is 0 Å². The van der Waals surface area contributed by atoms with E-state index in [0.29, 0.717) is 19.4 Å². The molecule has 0 bridgehead atoms. The van der Waals surface area contributed by atoms with Gasteiger partial charge in [0.05, 0.1) is 12.5 Å². The average Bonchev–Trinajstić information content (AvgIpc) is 2.43. The minimum atomic E-state index is -0.499. The number of hydrogen-bond acceptors (Lipinski definition) is 3. The van der Waals surface area contributed by atoms with Crippen molar-refractivity contribution in [2.45, 2.75) is 25.3 Å². The zero-order valence-electron chi connectivity index (χ0n) is 7.19. The molecule has 1 saturated heterocycles. The summed E-state index contributed by atoms with van der Waals surface area (Å²) in [5.41, 5.74) is 5.11. The monoisotopic (exact) mass is 181 g/mol. The highest BCUT2D eigenvalue weighted by Gasteiger charge is 2.33. The summed E-state index contributed by atoms with van der Waals surface area (Å²) < 4.78 is 0. The molecule has 0 radical (unpaired) electrons. The summed E-state index contributed by atoms with van der Waals surface area (Å²) in [6.45, 7) is 0.308. The molecule has 0 aliphatic carbocycles. The highest BCUT2D eigenvalue weighted by atomic mass is 16.2. The van der Waals surface area contributed by atoms with Crippen LogP contribution in [0.4, 0.5) is 0 Å². The Morgan fingerprint density at radius 3 is 3.00 bits per heavy atom. The summed E-state index contributed by atoms with van der Waals surface area (Å²) in [6.07, 6.45) is 1.09. The molecule has 1 rings (SSSR count). The van der Waals surface area contributed by atoms with Gasteiger partial charge in [-0.15, -0.1) is 0 Å². The lowest BCUT2D eigenvalue weighted by atomic mass is 10.2. The van der Waals surface area contributed by atoms with Crippen molar-refractivity contribution in [3.05, 3.63) is 0 Å². The van der Waals surface area contributed by atoms with Gasteiger partial charge in [0.25, 0.3) is 0 Å². The first-order chi connectivity index (χ1) is 6.16. The molecule has 0 aromatic carbocycles. The minimum Gasteiger partial charge on any atom is -0.368 e. The van der Waals surface area contributed by atoms with Crippen LogP contribution in [-0.4, -0.2) is 29.3 Å². The van der Waals surface area contributed by atoms with Gasteiger partial charge in [-0.05, 0) is 6.42 Å². The number of nitriles is 1. The van der Waals surface area contributed by atoms with Gasteiger partial charge in [-0.2, -0.15) is 5.26 Å². The molecule has 1 unspecified atom stereocenters. The van der Waals surface area contributed by atoms with E-state index in [1.54, 1.807) is 0 Å². The Hall–Kier alpha value is -1.57. The number of likely N-dealkylation sites (tertiary alicyclic amines) is 1. The van der Waals surface area contributed by atoms with Gasteiger partial charge in [0, 0.05) is 13.0 Å². The van der Waals surface area contributed by atoms with Gasteiger partial charge < -0.3 is 10.6 Å². The van der Waals surface area contributed by atoms with E-state index in [1.807, 2.05) is 6.07 Å². The molecule has 1 heterocycles. The van der Waals surface area contributed by atoms with Crippen molar-refractivity contribution in [3.63, 3.8) is 0 Å². The highest BCUT2D eigenvalue weighted by molar-refractivity contribution is 5.89. The molecule has 0 spiro atoms. The molecule has 70 valence electrons. The molecule has 1 aliphatic rings. The molecule has 0 aromatic heterocycles. The number of rotatable bonds is 3. The van der Waals surface area contributed by atoms with Crippen molar-refractivity contribution in [3.8, 4) is 6.07 Å². The third-order valence-electron chi connectivity index (χ3n) is 2.12. The fourth-order valence-electron chi connectivity index (χ4n) is 1.48. The fraction of sp³-hybridized carbons (Fsp3) is 0.625. The summed E-state index contributed by atoms with van der Waals surface area (Å²) >= 11 is 0. The summed E-state index contributed by atoms with van der Waals surface area (Å²) in [6, 6.07) is 1.43. The quantitative estimate of drug-likeness (QED) is 0.629. The van der Waals surface area contributed by atoms with Gasteiger partial charge in [-0.1, -0.05) is 0 Å². The zero-order chi connectivity index (χ0) is 9.84. The van der Waals surface area contributed by atoms with Crippen molar-refractivity contribution >= 4 is 11.8 Å². The average molecular weight is 181 g/mol. The normalized spacial score (nSPS) is 21.6. The number of hydrogen-bond donors (Lipinski definition) is 1. The molecule has 2 amide bonds. The maximum absolute atomic E-state index is 11.2. The predicted molar refractivity (Wildman–Crippen MR) is 44.2 cm³/mol. The van der Waals surface area contributed by atoms with Crippen LogP contribution >= 0.6 is 0 Å². The Bertz CT molecular complexity index is 269. The van der Waals surface area contributed by atoms with Crippen LogP contribution in [0.15, 0.2) is 0 Å². The van der Waals surface area contributed by atoms with E-state index in [0.717, 1.165) is 0 Å². The standard InChI is InChI=1S/C8H11N3O2/c9-4-1-5-11-6(8(10)13)2-3-7(11)12/h6H,1-3,5H2,(H2,10,13). The minimum absolute atomic E-state index is 0.0842. The molecule has 5 nitrogen and oxygen atoms in total. The Morgan fingerprint density at radius 2 is 2.46 bits per heavy atom. The second-order valence-electron chi connectivity index (χ2n) is 2.95. The van der Waals surface area contributed by atoms with Crippen molar-refractivity contribution < 1.29 is 9.59 Å². The van der Waals surface area contributed by atoms with Gasteiger partial charge in [0.2, 0.25) is 11.8 Å². The first kappa shape index (κ1) is 9.52. The van der Waals surface area contributed by atoms with Crippen molar-refractivity contribution in [1.82, 2.24) is 4.90 Å². The maximum atomic E-state index is 11.2. The largest absolute Gasteiger partial charge is 0.368 e. The molecule has 13 heavy (non-hydrogen) atoms. The summed E-state index contributed by atoms with van der Waals surface area (Å²) in [5.74, 6) is -0.567. The summed E-state index contributed by atoms with van der Waals surface area (Å²) in [7, 11) is 0. The highest BCUT2D eigenvalue weighted by Crippen LogP contribution is 2.18. The molecular weight excluding hydrogens is 170 g/mol. The number of amides is 2. The van der Waals surface area contributed by atoms with Gasteiger partial charge in [0.1, 0.15) is 6.04 Å². The second kappa shape index (κ2) is 3.90. The van der Waals surface area contributed by atoms with E-state index in [2.05, 4.69) is 0 Å². The molecule has 2 N–H and O–H groups in total. The lowest BCUT2D eigenvalue weighted by Crippen LogP contribution is -2.42. The Morgan fingerprint density at radius 1 is 1.77 bits per heavy atom. The molecule has 5 heteroatoms. The third kappa shape index (κ3) is 1.96. The lowest BCUT2D eigenvalue weighted by molar-refractivity contribution is -0.133. The number of carbonyl (C=O) groups is 2. The van der Waals surface area contributed by atoms with Crippen LogP contribution < -0.4 is 5.73 Å². The molecule has 0 aromatic rings. The maximum Gasteiger partial charge on any atom is 0.240 e. The number of primary amides is 1. The van der Waals surface area contributed by atoms with Crippen LogP contribution in [0.25, 0.3) is 0 Å². The smallest absolute Gasteiger partial charge is 0.240 e. The van der Waals surface area contributed by atoms with Crippen molar-refractivity contribution in [1.29, 1.82) is 5.26 Å². The van der Waals surface area contributed by atoms with E-state index in [-0.39, 0.29) is 12.3 Å². The lowest BCUT2D eigenvalue weighted by Gasteiger charge is -2.20. The third-order valence-corrected chi connectivity index (χ3v) is 2.12. The van der Waals surface area contributed by atoms with Crippen LogP contribution in [0.1, 0.15) is 19.3 Å². The van der Waals surface area contributed by atoms with E-state index in [9.17, 15) is 9.59 Å². The fourth-order valence-corrected chi connectivity index (χ4v) is 1.48. The number of nitrogens with zero attached hydrogens (tertiary/aromatic N) is 2. The number of carbonyl (C=O) groups excluding carboxylic acids is 2. The van der Waals surface area contributed by atoms with E-state index >= 15 is 0 Å². The van der Waals surface area contributed by atoms with Crippen LogP contribution in [0.3, 0.4) is 0 Å². The van der Waals surface area contributed by atoms with Crippen LogP contribution in [0, 0.1) is 11.3 Å². The van der Waals surface area contributed by atoms with E-state index in [4.69, 9.17) is 11.0 Å². The van der Waals surface area contributed by atoms with Crippen molar-refractivity contribution in [2.24, 2.45) is 5.73 Å². The molecule has 0 saturated carbocycles.